The first-order valence-corrected chi connectivity index (χ1v) is 9.63. The Balaban J connectivity index is 1.62. The Hall–Kier alpha value is -1.59. The Morgan fingerprint density at radius 2 is 1.96 bits per heavy atom. The van der Waals surface area contributed by atoms with Crippen molar-refractivity contribution in [3.63, 3.8) is 0 Å². The van der Waals surface area contributed by atoms with Gasteiger partial charge in [-0.15, -0.1) is 0 Å². The molecule has 1 aromatic heterocycles. The van der Waals surface area contributed by atoms with Gasteiger partial charge in [-0.1, -0.05) is 12.1 Å². The quantitative estimate of drug-likeness (QED) is 0.700. The lowest BCUT2D eigenvalue weighted by Crippen LogP contribution is -2.35. The van der Waals surface area contributed by atoms with Crippen molar-refractivity contribution < 1.29 is 9.47 Å². The summed E-state index contributed by atoms with van der Waals surface area (Å²) in [6, 6.07) is 12.5. The first-order chi connectivity index (χ1) is 12.1. The maximum absolute atomic E-state index is 6.37. The predicted molar refractivity (Wildman–Crippen MR) is 101 cm³/mol. The molecule has 2 atom stereocenters. The van der Waals surface area contributed by atoms with Crippen molar-refractivity contribution in [2.45, 2.75) is 38.5 Å². The van der Waals surface area contributed by atoms with Gasteiger partial charge < -0.3 is 9.47 Å². The number of hydrogen-bond acceptors (Lipinski definition) is 4. The van der Waals surface area contributed by atoms with E-state index in [1.165, 1.54) is 18.4 Å². The summed E-state index contributed by atoms with van der Waals surface area (Å²) in [5, 5.41) is 0. The standard InChI is InChI=1S/C20H23BrN2O2/c1-13-20-17(9-10-19(21)22-20)25-18(15-5-6-15)12-23(13)11-14-3-7-16(24-2)8-4-14/h3-4,7-10,13,15,18H,5-6,11-12H2,1-2H3/t13-,18+/m1/s1. The van der Waals surface area contributed by atoms with Crippen LogP contribution in [-0.4, -0.2) is 29.6 Å². The van der Waals surface area contributed by atoms with Crippen molar-refractivity contribution >= 4 is 15.9 Å². The number of ether oxygens (including phenoxy) is 2. The third kappa shape index (κ3) is 3.67. The molecule has 4 nitrogen and oxygen atoms in total. The zero-order valence-corrected chi connectivity index (χ0v) is 16.2. The van der Waals surface area contributed by atoms with Crippen molar-refractivity contribution in [2.75, 3.05) is 13.7 Å². The summed E-state index contributed by atoms with van der Waals surface area (Å²) < 4.78 is 12.5. The van der Waals surface area contributed by atoms with Gasteiger partial charge in [-0.25, -0.2) is 4.98 Å². The third-order valence-electron chi connectivity index (χ3n) is 5.18. The van der Waals surface area contributed by atoms with Gasteiger partial charge in [0.2, 0.25) is 0 Å². The van der Waals surface area contributed by atoms with Crippen molar-refractivity contribution in [1.29, 1.82) is 0 Å². The number of methoxy groups -OCH3 is 1. The van der Waals surface area contributed by atoms with Crippen molar-refractivity contribution in [1.82, 2.24) is 9.88 Å². The van der Waals surface area contributed by atoms with Crippen LogP contribution in [0.5, 0.6) is 11.5 Å². The maximum atomic E-state index is 6.37. The number of pyridine rings is 1. The highest BCUT2D eigenvalue weighted by Crippen LogP contribution is 2.41. The molecule has 1 aliphatic heterocycles. The van der Waals surface area contributed by atoms with Gasteiger partial charge in [-0.2, -0.15) is 0 Å². The summed E-state index contributed by atoms with van der Waals surface area (Å²) in [7, 11) is 1.70. The molecule has 0 N–H and O–H groups in total. The molecule has 1 fully saturated rings. The van der Waals surface area contributed by atoms with E-state index in [1.807, 2.05) is 18.2 Å². The number of rotatable bonds is 4. The molecule has 2 aromatic rings. The van der Waals surface area contributed by atoms with Gasteiger partial charge in [0.1, 0.15) is 27.9 Å². The summed E-state index contributed by atoms with van der Waals surface area (Å²) in [5.74, 6) is 2.51. The summed E-state index contributed by atoms with van der Waals surface area (Å²) >= 11 is 3.50. The fourth-order valence-corrected chi connectivity index (χ4v) is 3.80. The summed E-state index contributed by atoms with van der Waals surface area (Å²) in [4.78, 5) is 7.20. The Labute approximate surface area is 157 Å². The van der Waals surface area contributed by atoms with Crippen LogP contribution < -0.4 is 9.47 Å². The lowest BCUT2D eigenvalue weighted by atomic mass is 10.1. The largest absolute Gasteiger partial charge is 0.497 e. The number of nitrogens with zero attached hydrogens (tertiary/aromatic N) is 2. The van der Waals surface area contributed by atoms with Gasteiger partial charge in [0.15, 0.2) is 0 Å². The number of hydrogen-bond donors (Lipinski definition) is 0. The lowest BCUT2D eigenvalue weighted by molar-refractivity contribution is 0.109. The molecule has 2 heterocycles. The van der Waals surface area contributed by atoms with Crippen LogP contribution in [0, 0.1) is 5.92 Å². The monoisotopic (exact) mass is 402 g/mol. The first kappa shape index (κ1) is 16.9. The number of aromatic nitrogens is 1. The van der Waals surface area contributed by atoms with Crippen LogP contribution in [0.2, 0.25) is 0 Å². The van der Waals surface area contributed by atoms with Gasteiger partial charge in [0, 0.05) is 13.1 Å². The summed E-state index contributed by atoms with van der Waals surface area (Å²) in [6.07, 6.45) is 2.80. The Bertz CT molecular complexity index is 746. The molecule has 0 spiro atoms. The minimum absolute atomic E-state index is 0.207. The lowest BCUT2D eigenvalue weighted by Gasteiger charge is -2.28. The van der Waals surface area contributed by atoms with Crippen LogP contribution in [0.3, 0.4) is 0 Å². The van der Waals surface area contributed by atoms with Gasteiger partial charge in [-0.05, 0) is 71.4 Å². The number of benzene rings is 1. The molecule has 1 aromatic carbocycles. The van der Waals surface area contributed by atoms with Crippen LogP contribution in [0.15, 0.2) is 41.0 Å². The molecule has 0 amide bonds. The van der Waals surface area contributed by atoms with Crippen LogP contribution in [0.4, 0.5) is 0 Å². The molecule has 0 bridgehead atoms. The van der Waals surface area contributed by atoms with Crippen molar-refractivity contribution in [3.8, 4) is 11.5 Å². The average molecular weight is 403 g/mol. The van der Waals surface area contributed by atoms with E-state index >= 15 is 0 Å². The van der Waals surface area contributed by atoms with E-state index in [2.05, 4.69) is 46.0 Å². The van der Waals surface area contributed by atoms with Gasteiger partial charge in [0.05, 0.1) is 13.2 Å². The van der Waals surface area contributed by atoms with Crippen molar-refractivity contribution in [3.05, 3.63) is 52.3 Å². The summed E-state index contributed by atoms with van der Waals surface area (Å²) in [5.41, 5.74) is 2.30. The second-order valence-corrected chi connectivity index (χ2v) is 7.78. The van der Waals surface area contributed by atoms with E-state index in [-0.39, 0.29) is 12.1 Å². The molecule has 5 heteroatoms. The average Bonchev–Trinajstić information content (AvgIpc) is 3.46. The molecule has 0 saturated heterocycles. The molecular weight excluding hydrogens is 380 g/mol. The maximum Gasteiger partial charge on any atom is 0.143 e. The summed E-state index contributed by atoms with van der Waals surface area (Å²) in [6.45, 7) is 4.04. The second kappa shape index (κ2) is 6.96. The molecule has 1 saturated carbocycles. The fourth-order valence-electron chi connectivity index (χ4n) is 3.48. The topological polar surface area (TPSA) is 34.6 Å². The van der Waals surface area contributed by atoms with Crippen LogP contribution in [0.25, 0.3) is 0 Å². The van der Waals surface area contributed by atoms with E-state index in [4.69, 9.17) is 14.5 Å². The van der Waals surface area contributed by atoms with Gasteiger partial charge in [-0.3, -0.25) is 4.90 Å². The molecular formula is C20H23BrN2O2. The molecule has 132 valence electrons. The first-order valence-electron chi connectivity index (χ1n) is 8.84. The molecule has 0 unspecified atom stereocenters. The van der Waals surface area contributed by atoms with Crippen LogP contribution >= 0.6 is 15.9 Å². The normalized spacial score (nSPS) is 23.5. The molecule has 0 radical (unpaired) electrons. The molecule has 2 aliphatic rings. The molecule has 1 aliphatic carbocycles. The highest BCUT2D eigenvalue weighted by molar-refractivity contribution is 9.10. The third-order valence-corrected chi connectivity index (χ3v) is 5.62. The minimum atomic E-state index is 0.207. The van der Waals surface area contributed by atoms with Gasteiger partial charge >= 0.3 is 0 Å². The Morgan fingerprint density at radius 1 is 1.20 bits per heavy atom. The smallest absolute Gasteiger partial charge is 0.143 e. The van der Waals surface area contributed by atoms with Crippen molar-refractivity contribution in [2.24, 2.45) is 5.92 Å². The zero-order chi connectivity index (χ0) is 17.4. The van der Waals surface area contributed by atoms with Crippen LogP contribution in [0.1, 0.15) is 37.1 Å². The van der Waals surface area contributed by atoms with Gasteiger partial charge in [0.25, 0.3) is 0 Å². The molecule has 25 heavy (non-hydrogen) atoms. The van der Waals surface area contributed by atoms with E-state index in [0.29, 0.717) is 5.92 Å². The second-order valence-electron chi connectivity index (χ2n) is 6.96. The highest BCUT2D eigenvalue weighted by atomic mass is 79.9. The van der Waals surface area contributed by atoms with E-state index in [9.17, 15) is 0 Å². The number of fused-ring (bicyclic) bond motifs is 1. The SMILES string of the molecule is COc1ccc(CN2C[C@@H](C3CC3)Oc3ccc(Br)nc3[C@H]2C)cc1. The fraction of sp³-hybridized carbons (Fsp3) is 0.450. The predicted octanol–water partition coefficient (Wildman–Crippen LogP) is 4.59. The Kier molecular flexibility index (Phi) is 4.69. The van der Waals surface area contributed by atoms with E-state index in [1.54, 1.807) is 7.11 Å². The Morgan fingerprint density at radius 3 is 2.64 bits per heavy atom. The molecule has 4 rings (SSSR count). The van der Waals surface area contributed by atoms with E-state index in [0.717, 1.165) is 34.9 Å². The highest BCUT2D eigenvalue weighted by Gasteiger charge is 2.38. The number of halogens is 1. The minimum Gasteiger partial charge on any atom is -0.497 e. The van der Waals surface area contributed by atoms with E-state index < -0.39 is 0 Å². The zero-order valence-electron chi connectivity index (χ0n) is 14.6. The van der Waals surface area contributed by atoms with Crippen LogP contribution in [-0.2, 0) is 6.54 Å².